The van der Waals surface area contributed by atoms with Crippen molar-refractivity contribution in [3.8, 4) is 11.5 Å². The lowest BCUT2D eigenvalue weighted by Crippen LogP contribution is -2.33. The average molecular weight is 319 g/mol. The van der Waals surface area contributed by atoms with Gasteiger partial charge < -0.3 is 14.4 Å². The van der Waals surface area contributed by atoms with Gasteiger partial charge in [0.15, 0.2) is 11.5 Å². The summed E-state index contributed by atoms with van der Waals surface area (Å²) < 4.78 is 11.1. The summed E-state index contributed by atoms with van der Waals surface area (Å²) in [7, 11) is 1.62. The molecule has 1 aromatic rings. The largest absolute Gasteiger partial charge is 0.493 e. The van der Waals surface area contributed by atoms with Crippen LogP contribution in [0.5, 0.6) is 11.5 Å². The Morgan fingerprint density at radius 1 is 1.09 bits per heavy atom. The molecule has 4 nitrogen and oxygen atoms in total. The first kappa shape index (κ1) is 17.6. The van der Waals surface area contributed by atoms with E-state index in [1.54, 1.807) is 7.11 Å². The maximum absolute atomic E-state index is 12.7. The van der Waals surface area contributed by atoms with Gasteiger partial charge in [-0.1, -0.05) is 32.6 Å². The number of ether oxygens (including phenoxy) is 2. The monoisotopic (exact) mass is 319 g/mol. The van der Waals surface area contributed by atoms with Crippen LogP contribution in [0.3, 0.4) is 0 Å². The van der Waals surface area contributed by atoms with Crippen LogP contribution in [0.1, 0.15) is 62.2 Å². The van der Waals surface area contributed by atoms with Crippen LogP contribution < -0.4 is 9.47 Å². The van der Waals surface area contributed by atoms with E-state index in [2.05, 4.69) is 6.92 Å². The second-order valence-electron chi connectivity index (χ2n) is 6.13. The highest BCUT2D eigenvalue weighted by molar-refractivity contribution is 5.95. The molecule has 0 bridgehead atoms. The highest BCUT2D eigenvalue weighted by atomic mass is 16.5. The van der Waals surface area contributed by atoms with Gasteiger partial charge in [0.1, 0.15) is 0 Å². The standard InChI is InChI=1S/C19H29NO3/c1-3-4-14-23-17-11-10-16(15-18(17)22-2)19(21)20-12-8-6-5-7-9-13-20/h10-11,15H,3-9,12-14H2,1-2H3. The summed E-state index contributed by atoms with van der Waals surface area (Å²) in [4.78, 5) is 14.7. The third-order valence-corrected chi connectivity index (χ3v) is 4.31. The molecule has 1 fully saturated rings. The molecule has 2 rings (SSSR count). The Balaban J connectivity index is 2.07. The van der Waals surface area contributed by atoms with Gasteiger partial charge in [-0.3, -0.25) is 4.79 Å². The Morgan fingerprint density at radius 3 is 2.43 bits per heavy atom. The second-order valence-corrected chi connectivity index (χ2v) is 6.13. The van der Waals surface area contributed by atoms with Crippen molar-refractivity contribution in [1.29, 1.82) is 0 Å². The molecule has 0 unspecified atom stereocenters. The number of unbranched alkanes of at least 4 members (excludes halogenated alkanes) is 1. The lowest BCUT2D eigenvalue weighted by molar-refractivity contribution is 0.0742. The molecule has 0 N–H and O–H groups in total. The quantitative estimate of drug-likeness (QED) is 0.735. The molecule has 0 aliphatic carbocycles. The van der Waals surface area contributed by atoms with Gasteiger partial charge in [0.25, 0.3) is 5.91 Å². The minimum absolute atomic E-state index is 0.102. The molecular formula is C19H29NO3. The molecule has 128 valence electrons. The maximum Gasteiger partial charge on any atom is 0.253 e. The average Bonchev–Trinajstić information content (AvgIpc) is 2.54. The first-order valence-corrected chi connectivity index (χ1v) is 8.86. The number of hydrogen-bond acceptors (Lipinski definition) is 3. The van der Waals surface area contributed by atoms with Crippen molar-refractivity contribution in [1.82, 2.24) is 4.90 Å². The van der Waals surface area contributed by atoms with E-state index in [4.69, 9.17) is 9.47 Å². The molecule has 1 aliphatic heterocycles. The molecule has 0 spiro atoms. The van der Waals surface area contributed by atoms with Gasteiger partial charge in [0.2, 0.25) is 0 Å². The molecule has 1 heterocycles. The molecule has 1 saturated heterocycles. The maximum atomic E-state index is 12.7. The minimum Gasteiger partial charge on any atom is -0.493 e. The summed E-state index contributed by atoms with van der Waals surface area (Å²) in [6.45, 7) is 4.52. The van der Waals surface area contributed by atoms with Gasteiger partial charge in [-0.05, 0) is 37.5 Å². The molecule has 4 heteroatoms. The molecule has 1 amide bonds. The van der Waals surface area contributed by atoms with Crippen LogP contribution in [0.2, 0.25) is 0 Å². The van der Waals surface area contributed by atoms with Gasteiger partial charge in [-0.2, -0.15) is 0 Å². The number of rotatable bonds is 6. The number of likely N-dealkylation sites (tertiary alicyclic amines) is 1. The van der Waals surface area contributed by atoms with E-state index in [0.29, 0.717) is 23.7 Å². The Morgan fingerprint density at radius 2 is 1.78 bits per heavy atom. The van der Waals surface area contributed by atoms with Crippen molar-refractivity contribution in [3.63, 3.8) is 0 Å². The van der Waals surface area contributed by atoms with Crippen LogP contribution >= 0.6 is 0 Å². The number of amides is 1. The third kappa shape index (κ3) is 5.15. The number of benzene rings is 1. The number of carbonyl (C=O) groups excluding carboxylic acids is 1. The van der Waals surface area contributed by atoms with Crippen LogP contribution in [0.15, 0.2) is 18.2 Å². The van der Waals surface area contributed by atoms with Gasteiger partial charge in [-0.25, -0.2) is 0 Å². The van der Waals surface area contributed by atoms with Crippen LogP contribution in [0, 0.1) is 0 Å². The topological polar surface area (TPSA) is 38.8 Å². The van der Waals surface area contributed by atoms with Crippen LogP contribution in [-0.4, -0.2) is 37.6 Å². The fourth-order valence-corrected chi connectivity index (χ4v) is 2.88. The first-order valence-electron chi connectivity index (χ1n) is 8.86. The van der Waals surface area contributed by atoms with Crippen LogP contribution in [-0.2, 0) is 0 Å². The van der Waals surface area contributed by atoms with Gasteiger partial charge in [0, 0.05) is 18.7 Å². The van der Waals surface area contributed by atoms with Gasteiger partial charge >= 0.3 is 0 Å². The molecular weight excluding hydrogens is 290 g/mol. The predicted octanol–water partition coefficient (Wildman–Crippen LogP) is 4.28. The highest BCUT2D eigenvalue weighted by Crippen LogP contribution is 2.29. The fourth-order valence-electron chi connectivity index (χ4n) is 2.88. The molecule has 0 aromatic heterocycles. The van der Waals surface area contributed by atoms with Crippen molar-refractivity contribution in [2.24, 2.45) is 0 Å². The first-order chi connectivity index (χ1) is 11.3. The zero-order chi connectivity index (χ0) is 16.5. The zero-order valence-electron chi connectivity index (χ0n) is 14.5. The Bertz CT molecular complexity index is 493. The lowest BCUT2D eigenvalue weighted by Gasteiger charge is -2.25. The molecule has 0 atom stereocenters. The summed E-state index contributed by atoms with van der Waals surface area (Å²) >= 11 is 0. The molecule has 0 radical (unpaired) electrons. The van der Waals surface area contributed by atoms with E-state index in [-0.39, 0.29) is 5.91 Å². The SMILES string of the molecule is CCCCOc1ccc(C(=O)N2CCCCCCC2)cc1OC. The Hall–Kier alpha value is -1.71. The van der Waals surface area contributed by atoms with Crippen molar-refractivity contribution >= 4 is 5.91 Å². The smallest absolute Gasteiger partial charge is 0.253 e. The van der Waals surface area contributed by atoms with Crippen molar-refractivity contribution in [2.45, 2.75) is 51.9 Å². The summed E-state index contributed by atoms with van der Waals surface area (Å²) in [5.74, 6) is 1.45. The third-order valence-electron chi connectivity index (χ3n) is 4.31. The van der Waals surface area contributed by atoms with E-state index < -0.39 is 0 Å². The minimum atomic E-state index is 0.102. The van der Waals surface area contributed by atoms with E-state index >= 15 is 0 Å². The van der Waals surface area contributed by atoms with E-state index in [0.717, 1.165) is 38.8 Å². The fraction of sp³-hybridized carbons (Fsp3) is 0.632. The number of hydrogen-bond donors (Lipinski definition) is 0. The Kier molecular flexibility index (Phi) is 7.24. The Labute approximate surface area is 139 Å². The van der Waals surface area contributed by atoms with Crippen molar-refractivity contribution in [2.75, 3.05) is 26.8 Å². The number of carbonyl (C=O) groups is 1. The summed E-state index contributed by atoms with van der Waals surface area (Å²) in [5.41, 5.74) is 0.685. The summed E-state index contributed by atoms with van der Waals surface area (Å²) in [6, 6.07) is 5.51. The molecule has 1 aromatic carbocycles. The highest BCUT2D eigenvalue weighted by Gasteiger charge is 2.18. The molecule has 1 aliphatic rings. The normalized spacial score (nSPS) is 15.7. The molecule has 0 saturated carbocycles. The lowest BCUT2D eigenvalue weighted by atomic mass is 10.1. The predicted molar refractivity (Wildman–Crippen MR) is 92.4 cm³/mol. The van der Waals surface area contributed by atoms with Crippen molar-refractivity contribution in [3.05, 3.63) is 23.8 Å². The van der Waals surface area contributed by atoms with E-state index in [1.165, 1.54) is 19.3 Å². The number of nitrogens with zero attached hydrogens (tertiary/aromatic N) is 1. The van der Waals surface area contributed by atoms with E-state index in [1.807, 2.05) is 23.1 Å². The van der Waals surface area contributed by atoms with E-state index in [9.17, 15) is 4.79 Å². The van der Waals surface area contributed by atoms with Crippen LogP contribution in [0.4, 0.5) is 0 Å². The van der Waals surface area contributed by atoms with Gasteiger partial charge in [0.05, 0.1) is 13.7 Å². The summed E-state index contributed by atoms with van der Waals surface area (Å²) in [5, 5.41) is 0. The second kappa shape index (κ2) is 9.43. The van der Waals surface area contributed by atoms with Crippen LogP contribution in [0.25, 0.3) is 0 Å². The zero-order valence-corrected chi connectivity index (χ0v) is 14.5. The van der Waals surface area contributed by atoms with Gasteiger partial charge in [-0.15, -0.1) is 0 Å². The number of methoxy groups -OCH3 is 1. The summed E-state index contributed by atoms with van der Waals surface area (Å²) in [6.07, 6.45) is 8.03. The van der Waals surface area contributed by atoms with Crippen molar-refractivity contribution < 1.29 is 14.3 Å². The molecule has 23 heavy (non-hydrogen) atoms.